The van der Waals surface area contributed by atoms with Gasteiger partial charge < -0.3 is 10.8 Å². The van der Waals surface area contributed by atoms with Crippen molar-refractivity contribution in [3.8, 4) is 5.75 Å². The van der Waals surface area contributed by atoms with Gasteiger partial charge in [0.2, 0.25) is 0 Å². The van der Waals surface area contributed by atoms with Crippen LogP contribution in [0.15, 0.2) is 48.5 Å². The van der Waals surface area contributed by atoms with E-state index in [1.54, 1.807) is 30.3 Å². The van der Waals surface area contributed by atoms with Crippen LogP contribution in [-0.4, -0.2) is 16.9 Å². The quantitative estimate of drug-likeness (QED) is 0.484. The number of rotatable bonds is 2. The summed E-state index contributed by atoms with van der Waals surface area (Å²) in [6.07, 6.45) is 0. The van der Waals surface area contributed by atoms with Crippen molar-refractivity contribution in [1.82, 2.24) is 10.9 Å². The maximum atomic E-state index is 11.8. The molecule has 20 heavy (non-hydrogen) atoms. The molecule has 2 aromatic rings. The van der Waals surface area contributed by atoms with Crippen LogP contribution >= 0.6 is 0 Å². The van der Waals surface area contributed by atoms with Gasteiger partial charge in [-0.2, -0.15) is 0 Å². The van der Waals surface area contributed by atoms with E-state index in [9.17, 15) is 14.7 Å². The number of nitrogens with one attached hydrogen (secondary N) is 2. The van der Waals surface area contributed by atoms with Crippen LogP contribution in [-0.2, 0) is 0 Å². The number of phenolic OH excluding ortho intramolecular Hbond substituents is 1. The fraction of sp³-hybridized carbons (Fsp3) is 0. The largest absolute Gasteiger partial charge is 0.508 e. The van der Waals surface area contributed by atoms with E-state index in [-0.39, 0.29) is 17.0 Å². The zero-order chi connectivity index (χ0) is 14.5. The maximum Gasteiger partial charge on any atom is 0.269 e. The molecule has 0 unspecified atom stereocenters. The Bertz CT molecular complexity index is 621. The fourth-order valence-corrected chi connectivity index (χ4v) is 1.61. The van der Waals surface area contributed by atoms with E-state index in [4.69, 9.17) is 5.73 Å². The smallest absolute Gasteiger partial charge is 0.269 e. The highest BCUT2D eigenvalue weighted by Gasteiger charge is 2.10. The zero-order valence-corrected chi connectivity index (χ0v) is 10.5. The van der Waals surface area contributed by atoms with Gasteiger partial charge in [0.15, 0.2) is 0 Å². The van der Waals surface area contributed by atoms with E-state index in [2.05, 4.69) is 10.9 Å². The zero-order valence-electron chi connectivity index (χ0n) is 10.5. The van der Waals surface area contributed by atoms with Gasteiger partial charge >= 0.3 is 0 Å². The van der Waals surface area contributed by atoms with Crippen molar-refractivity contribution in [3.05, 3.63) is 59.7 Å². The molecule has 6 nitrogen and oxygen atoms in total. The van der Waals surface area contributed by atoms with Gasteiger partial charge in [-0.1, -0.05) is 18.2 Å². The van der Waals surface area contributed by atoms with Crippen LogP contribution < -0.4 is 16.6 Å². The summed E-state index contributed by atoms with van der Waals surface area (Å²) in [6.45, 7) is 0. The monoisotopic (exact) mass is 271 g/mol. The number of nitrogen functional groups attached to an aromatic ring is 1. The highest BCUT2D eigenvalue weighted by Crippen LogP contribution is 2.16. The number of hydrogen-bond acceptors (Lipinski definition) is 4. The first-order valence-electron chi connectivity index (χ1n) is 5.81. The van der Waals surface area contributed by atoms with Crippen molar-refractivity contribution in [2.24, 2.45) is 0 Å². The van der Waals surface area contributed by atoms with Crippen molar-refractivity contribution in [3.63, 3.8) is 0 Å². The number of carbonyl (C=O) groups excluding carboxylic acids is 2. The molecule has 5 N–H and O–H groups in total. The van der Waals surface area contributed by atoms with Crippen molar-refractivity contribution >= 4 is 17.5 Å². The molecule has 0 bridgehead atoms. The van der Waals surface area contributed by atoms with E-state index in [0.717, 1.165) is 0 Å². The number of anilines is 1. The lowest BCUT2D eigenvalue weighted by Crippen LogP contribution is -2.41. The second-order valence-electron chi connectivity index (χ2n) is 4.09. The van der Waals surface area contributed by atoms with Crippen molar-refractivity contribution in [2.75, 3.05) is 5.73 Å². The predicted octanol–water partition coefficient (Wildman–Crippen LogP) is 1.05. The summed E-state index contributed by atoms with van der Waals surface area (Å²) >= 11 is 0. The van der Waals surface area contributed by atoms with Crippen LogP contribution in [0.5, 0.6) is 5.75 Å². The second kappa shape index (κ2) is 5.75. The minimum atomic E-state index is -0.572. The summed E-state index contributed by atoms with van der Waals surface area (Å²) < 4.78 is 0. The average molecular weight is 271 g/mol. The fourth-order valence-electron chi connectivity index (χ4n) is 1.61. The predicted molar refractivity (Wildman–Crippen MR) is 73.9 cm³/mol. The number of carbonyl (C=O) groups is 2. The molecule has 0 aliphatic carbocycles. The molecule has 0 saturated heterocycles. The van der Waals surface area contributed by atoms with E-state index in [1.807, 2.05) is 0 Å². The first-order chi connectivity index (χ1) is 9.56. The van der Waals surface area contributed by atoms with Gasteiger partial charge in [-0.05, 0) is 24.3 Å². The van der Waals surface area contributed by atoms with Gasteiger partial charge in [-0.15, -0.1) is 0 Å². The third-order valence-corrected chi connectivity index (χ3v) is 2.53. The maximum absolute atomic E-state index is 11.8. The SMILES string of the molecule is Nc1cc(O)cc(C(=O)NNC(=O)c2ccccc2)c1. The molecule has 0 fully saturated rings. The number of amides is 2. The molecular weight excluding hydrogens is 258 g/mol. The Kier molecular flexibility index (Phi) is 3.85. The van der Waals surface area contributed by atoms with Crippen LogP contribution in [0.3, 0.4) is 0 Å². The van der Waals surface area contributed by atoms with Crippen molar-refractivity contribution < 1.29 is 14.7 Å². The van der Waals surface area contributed by atoms with E-state index in [1.165, 1.54) is 18.2 Å². The Morgan fingerprint density at radius 2 is 1.50 bits per heavy atom. The lowest BCUT2D eigenvalue weighted by atomic mass is 10.2. The van der Waals surface area contributed by atoms with Gasteiger partial charge in [-0.3, -0.25) is 20.4 Å². The number of aromatic hydroxyl groups is 1. The molecule has 102 valence electrons. The average Bonchev–Trinajstić information content (AvgIpc) is 2.44. The molecule has 0 saturated carbocycles. The summed E-state index contributed by atoms with van der Waals surface area (Å²) in [5.41, 5.74) is 10.9. The Morgan fingerprint density at radius 3 is 2.10 bits per heavy atom. The molecule has 0 atom stereocenters. The summed E-state index contributed by atoms with van der Waals surface area (Å²) in [6, 6.07) is 12.4. The topological polar surface area (TPSA) is 104 Å². The molecule has 2 amide bonds. The van der Waals surface area contributed by atoms with Crippen LogP contribution in [0.2, 0.25) is 0 Å². The lowest BCUT2D eigenvalue weighted by molar-refractivity contribution is 0.0846. The van der Waals surface area contributed by atoms with Gasteiger partial charge in [0.1, 0.15) is 5.75 Å². The Balaban J connectivity index is 2.00. The molecule has 0 heterocycles. The summed E-state index contributed by atoms with van der Waals surface area (Å²) in [4.78, 5) is 23.5. The van der Waals surface area contributed by atoms with Crippen molar-refractivity contribution in [2.45, 2.75) is 0 Å². The van der Waals surface area contributed by atoms with Gasteiger partial charge in [0, 0.05) is 22.9 Å². The van der Waals surface area contributed by atoms with Crippen LogP contribution in [0.1, 0.15) is 20.7 Å². The third-order valence-electron chi connectivity index (χ3n) is 2.53. The first-order valence-corrected chi connectivity index (χ1v) is 5.81. The number of hydrazine groups is 1. The van der Waals surface area contributed by atoms with Gasteiger partial charge in [-0.25, -0.2) is 0 Å². The normalized spacial score (nSPS) is 9.80. The Labute approximate surface area is 115 Å². The molecular formula is C14H13N3O3. The van der Waals surface area contributed by atoms with E-state index in [0.29, 0.717) is 5.56 Å². The Morgan fingerprint density at radius 1 is 0.900 bits per heavy atom. The van der Waals surface area contributed by atoms with Gasteiger partial charge in [0.05, 0.1) is 0 Å². The van der Waals surface area contributed by atoms with E-state index < -0.39 is 11.8 Å². The third kappa shape index (κ3) is 3.26. The summed E-state index contributed by atoms with van der Waals surface area (Å²) in [5.74, 6) is -1.13. The standard InChI is InChI=1S/C14H13N3O3/c15-11-6-10(7-12(18)8-11)14(20)17-16-13(19)9-4-2-1-3-5-9/h1-8,18H,15H2,(H,16,19)(H,17,20). The molecule has 0 aliphatic rings. The lowest BCUT2D eigenvalue weighted by Gasteiger charge is -2.08. The molecule has 6 heteroatoms. The Hall–Kier alpha value is -3.02. The summed E-state index contributed by atoms with van der Waals surface area (Å²) in [7, 11) is 0. The van der Waals surface area contributed by atoms with Crippen LogP contribution in [0, 0.1) is 0 Å². The molecule has 2 aromatic carbocycles. The number of nitrogens with two attached hydrogens (primary N) is 1. The minimum Gasteiger partial charge on any atom is -0.508 e. The molecule has 2 rings (SSSR count). The van der Waals surface area contributed by atoms with Crippen molar-refractivity contribution in [1.29, 1.82) is 0 Å². The molecule has 0 aromatic heterocycles. The molecule has 0 spiro atoms. The number of benzene rings is 2. The van der Waals surface area contributed by atoms with E-state index >= 15 is 0 Å². The second-order valence-corrected chi connectivity index (χ2v) is 4.09. The summed E-state index contributed by atoms with van der Waals surface area (Å²) in [5, 5.41) is 9.35. The van der Waals surface area contributed by atoms with Crippen LogP contribution in [0.4, 0.5) is 5.69 Å². The van der Waals surface area contributed by atoms with Gasteiger partial charge in [0.25, 0.3) is 11.8 Å². The van der Waals surface area contributed by atoms with Crippen LogP contribution in [0.25, 0.3) is 0 Å². The molecule has 0 radical (unpaired) electrons. The number of hydrogen-bond donors (Lipinski definition) is 4. The molecule has 0 aliphatic heterocycles. The number of phenols is 1. The highest BCUT2D eigenvalue weighted by molar-refractivity contribution is 5.99. The minimum absolute atomic E-state index is 0.121. The highest BCUT2D eigenvalue weighted by atomic mass is 16.3. The first kappa shape index (κ1) is 13.4.